The summed E-state index contributed by atoms with van der Waals surface area (Å²) in [5.41, 5.74) is 0. The lowest BCUT2D eigenvalue weighted by molar-refractivity contribution is -0.143. The van der Waals surface area contributed by atoms with E-state index in [4.69, 9.17) is 4.42 Å². The van der Waals surface area contributed by atoms with E-state index >= 15 is 0 Å². The molecular formula is C8H9BrO4. The van der Waals surface area contributed by atoms with Gasteiger partial charge < -0.3 is 14.3 Å². The van der Waals surface area contributed by atoms with Gasteiger partial charge in [0.2, 0.25) is 0 Å². The minimum Gasteiger partial charge on any atom is -0.469 e. The van der Waals surface area contributed by atoms with Crippen molar-refractivity contribution in [2.75, 3.05) is 7.11 Å². The number of aliphatic hydroxyl groups excluding tert-OH is 1. The molecule has 0 saturated carbocycles. The summed E-state index contributed by atoms with van der Waals surface area (Å²) in [4.78, 5) is 10.8. The van der Waals surface area contributed by atoms with Crippen LogP contribution in [0.5, 0.6) is 0 Å². The van der Waals surface area contributed by atoms with Crippen LogP contribution in [0.1, 0.15) is 18.3 Å². The van der Waals surface area contributed by atoms with Crippen LogP contribution in [0, 0.1) is 0 Å². The number of ether oxygens (including phenoxy) is 1. The van der Waals surface area contributed by atoms with Gasteiger partial charge in [-0.25, -0.2) is 0 Å². The molecule has 0 saturated heterocycles. The first-order valence-corrected chi connectivity index (χ1v) is 4.41. The van der Waals surface area contributed by atoms with Crippen molar-refractivity contribution >= 4 is 21.9 Å². The van der Waals surface area contributed by atoms with Gasteiger partial charge in [0, 0.05) is 0 Å². The Kier molecular flexibility index (Phi) is 3.50. The molecule has 1 unspecified atom stereocenters. The van der Waals surface area contributed by atoms with Gasteiger partial charge in [0.05, 0.1) is 18.0 Å². The fraction of sp³-hybridized carbons (Fsp3) is 0.375. The molecule has 1 atom stereocenters. The second-order valence-corrected chi connectivity index (χ2v) is 3.38. The maximum Gasteiger partial charge on any atom is 0.308 e. The molecule has 0 aliphatic heterocycles. The quantitative estimate of drug-likeness (QED) is 0.827. The first kappa shape index (κ1) is 10.3. The van der Waals surface area contributed by atoms with E-state index in [-0.39, 0.29) is 6.42 Å². The third kappa shape index (κ3) is 2.86. The van der Waals surface area contributed by atoms with E-state index in [2.05, 4.69) is 20.7 Å². The Morgan fingerprint density at radius 2 is 2.54 bits per heavy atom. The second-order valence-electron chi connectivity index (χ2n) is 2.46. The van der Waals surface area contributed by atoms with Crippen molar-refractivity contribution in [3.05, 3.63) is 22.6 Å². The number of furan rings is 1. The molecule has 1 rings (SSSR count). The van der Waals surface area contributed by atoms with Crippen LogP contribution in [0.2, 0.25) is 0 Å². The minimum absolute atomic E-state index is 0.101. The summed E-state index contributed by atoms with van der Waals surface area (Å²) in [5, 5.41) is 9.42. The van der Waals surface area contributed by atoms with Crippen LogP contribution in [-0.2, 0) is 9.53 Å². The average molecular weight is 249 g/mol. The lowest BCUT2D eigenvalue weighted by Gasteiger charge is -2.04. The largest absolute Gasteiger partial charge is 0.469 e. The summed E-state index contributed by atoms with van der Waals surface area (Å²) in [6, 6.07) is 1.60. The van der Waals surface area contributed by atoms with Gasteiger partial charge in [0.1, 0.15) is 18.1 Å². The minimum atomic E-state index is -0.946. The van der Waals surface area contributed by atoms with Crippen molar-refractivity contribution in [3.8, 4) is 0 Å². The normalized spacial score (nSPS) is 12.5. The molecule has 0 aliphatic rings. The zero-order chi connectivity index (χ0) is 9.84. The first-order valence-electron chi connectivity index (χ1n) is 3.62. The van der Waals surface area contributed by atoms with Gasteiger partial charge in [-0.1, -0.05) is 0 Å². The van der Waals surface area contributed by atoms with Crippen LogP contribution in [0.25, 0.3) is 0 Å². The summed E-state index contributed by atoms with van der Waals surface area (Å²) < 4.78 is 10.1. The lowest BCUT2D eigenvalue weighted by atomic mass is 10.2. The zero-order valence-electron chi connectivity index (χ0n) is 6.99. The lowest BCUT2D eigenvalue weighted by Crippen LogP contribution is -2.07. The molecule has 72 valence electrons. The number of hydrogen-bond donors (Lipinski definition) is 1. The molecule has 1 N–H and O–H groups in total. The van der Waals surface area contributed by atoms with E-state index in [9.17, 15) is 9.90 Å². The van der Waals surface area contributed by atoms with E-state index in [0.29, 0.717) is 5.76 Å². The molecule has 0 aromatic carbocycles. The van der Waals surface area contributed by atoms with Gasteiger partial charge in [-0.3, -0.25) is 4.79 Å². The van der Waals surface area contributed by atoms with E-state index < -0.39 is 12.1 Å². The Morgan fingerprint density at radius 3 is 3.00 bits per heavy atom. The third-order valence-corrected chi connectivity index (χ3v) is 1.92. The Balaban J connectivity index is 2.58. The highest BCUT2D eigenvalue weighted by Crippen LogP contribution is 2.22. The van der Waals surface area contributed by atoms with E-state index in [1.807, 2.05) is 0 Å². The second kappa shape index (κ2) is 4.43. The van der Waals surface area contributed by atoms with Crippen molar-refractivity contribution in [2.24, 2.45) is 0 Å². The standard InChI is InChI=1S/C8H9BrO4/c1-12-8(11)3-6(10)7-2-5(9)4-13-7/h2,4,6,10H,3H2,1H3. The van der Waals surface area contributed by atoms with Gasteiger partial charge in [0.15, 0.2) is 0 Å². The molecule has 0 fully saturated rings. The van der Waals surface area contributed by atoms with E-state index in [1.54, 1.807) is 6.07 Å². The van der Waals surface area contributed by atoms with E-state index in [1.165, 1.54) is 13.4 Å². The molecule has 1 aromatic heterocycles. The molecule has 0 spiro atoms. The van der Waals surface area contributed by atoms with Crippen molar-refractivity contribution in [1.29, 1.82) is 0 Å². The monoisotopic (exact) mass is 248 g/mol. The first-order chi connectivity index (χ1) is 6.13. The van der Waals surface area contributed by atoms with Crippen molar-refractivity contribution in [1.82, 2.24) is 0 Å². The highest BCUT2D eigenvalue weighted by atomic mass is 79.9. The number of carbonyl (C=O) groups excluding carboxylic acids is 1. The fourth-order valence-electron chi connectivity index (χ4n) is 0.845. The van der Waals surface area contributed by atoms with Crippen LogP contribution in [0.4, 0.5) is 0 Å². The van der Waals surface area contributed by atoms with Crippen LogP contribution in [-0.4, -0.2) is 18.2 Å². The molecule has 0 aliphatic carbocycles. The number of hydrogen-bond acceptors (Lipinski definition) is 4. The van der Waals surface area contributed by atoms with Gasteiger partial charge in [-0.15, -0.1) is 0 Å². The van der Waals surface area contributed by atoms with Crippen molar-refractivity contribution in [2.45, 2.75) is 12.5 Å². The summed E-state index contributed by atoms with van der Waals surface area (Å²) in [5.74, 6) is -0.128. The topological polar surface area (TPSA) is 59.7 Å². The zero-order valence-corrected chi connectivity index (χ0v) is 8.58. The molecule has 0 amide bonds. The molecule has 1 heterocycles. The molecule has 0 radical (unpaired) electrons. The van der Waals surface area contributed by atoms with Crippen LogP contribution < -0.4 is 0 Å². The van der Waals surface area contributed by atoms with Gasteiger partial charge >= 0.3 is 5.97 Å². The molecular weight excluding hydrogens is 240 g/mol. The van der Waals surface area contributed by atoms with Crippen LogP contribution >= 0.6 is 15.9 Å². The van der Waals surface area contributed by atoms with Gasteiger partial charge in [0.25, 0.3) is 0 Å². The molecule has 1 aromatic rings. The highest BCUT2D eigenvalue weighted by molar-refractivity contribution is 9.10. The third-order valence-electron chi connectivity index (χ3n) is 1.50. The highest BCUT2D eigenvalue weighted by Gasteiger charge is 2.16. The van der Waals surface area contributed by atoms with Crippen LogP contribution in [0.3, 0.4) is 0 Å². The van der Waals surface area contributed by atoms with Crippen molar-refractivity contribution < 1.29 is 19.1 Å². The number of rotatable bonds is 3. The number of halogens is 1. The maximum absolute atomic E-state index is 10.8. The smallest absolute Gasteiger partial charge is 0.308 e. The summed E-state index contributed by atoms with van der Waals surface area (Å²) >= 11 is 3.16. The van der Waals surface area contributed by atoms with Crippen LogP contribution in [0.15, 0.2) is 21.2 Å². The summed E-state index contributed by atoms with van der Waals surface area (Å²) in [6.07, 6.45) is 0.394. The number of esters is 1. The molecule has 13 heavy (non-hydrogen) atoms. The predicted octanol–water partition coefficient (Wildman–Crippen LogP) is 1.64. The molecule has 0 bridgehead atoms. The Bertz CT molecular complexity index is 294. The van der Waals surface area contributed by atoms with E-state index in [0.717, 1.165) is 4.47 Å². The molecule has 4 nitrogen and oxygen atoms in total. The number of methoxy groups -OCH3 is 1. The SMILES string of the molecule is COC(=O)CC(O)c1cc(Br)co1. The maximum atomic E-state index is 10.8. The number of carbonyl (C=O) groups is 1. The Morgan fingerprint density at radius 1 is 1.85 bits per heavy atom. The summed E-state index contributed by atoms with van der Waals surface area (Å²) in [6.45, 7) is 0. The Hall–Kier alpha value is -0.810. The average Bonchev–Trinajstić information content (AvgIpc) is 2.51. The number of aliphatic hydroxyl groups is 1. The summed E-state index contributed by atoms with van der Waals surface area (Å²) in [7, 11) is 1.27. The van der Waals surface area contributed by atoms with Gasteiger partial charge in [-0.2, -0.15) is 0 Å². The molecule has 5 heteroatoms. The fourth-order valence-corrected chi connectivity index (χ4v) is 1.16. The Labute approximate surface area is 83.6 Å². The van der Waals surface area contributed by atoms with Gasteiger partial charge in [-0.05, 0) is 22.0 Å². The predicted molar refractivity (Wildman–Crippen MR) is 48.0 cm³/mol. The van der Waals surface area contributed by atoms with Crippen molar-refractivity contribution in [3.63, 3.8) is 0 Å².